The summed E-state index contributed by atoms with van der Waals surface area (Å²) in [5, 5.41) is 15.1. The van der Waals surface area contributed by atoms with Gasteiger partial charge in [0.1, 0.15) is 17.3 Å². The quantitative estimate of drug-likeness (QED) is 0.335. The van der Waals surface area contributed by atoms with Crippen molar-refractivity contribution in [2.75, 3.05) is 6.61 Å². The standard InChI is InChI=1S/C21H18ClN3O5/c1-13-4-3-5-14(2)21(13)29-12-20(26)24-23-11-16-7-9-19(30-16)17-10-15(25(27)28)6-8-18(17)22/h3-11H,12H2,1-2H3,(H,24,26)/b23-11+. The van der Waals surface area contributed by atoms with Gasteiger partial charge in [0.15, 0.2) is 6.61 Å². The number of nitrogens with one attached hydrogen (secondary N) is 1. The van der Waals surface area contributed by atoms with Gasteiger partial charge in [-0.25, -0.2) is 5.43 Å². The molecule has 0 atom stereocenters. The number of nitro benzene ring substituents is 1. The number of carbonyl (C=O) groups is 1. The summed E-state index contributed by atoms with van der Waals surface area (Å²) in [7, 11) is 0. The van der Waals surface area contributed by atoms with E-state index in [4.69, 9.17) is 20.8 Å². The molecule has 30 heavy (non-hydrogen) atoms. The highest BCUT2D eigenvalue weighted by atomic mass is 35.5. The van der Waals surface area contributed by atoms with Crippen molar-refractivity contribution >= 4 is 29.4 Å². The lowest BCUT2D eigenvalue weighted by Crippen LogP contribution is -2.24. The van der Waals surface area contributed by atoms with Gasteiger partial charge in [0.05, 0.1) is 16.2 Å². The van der Waals surface area contributed by atoms with Crippen molar-refractivity contribution < 1.29 is 18.9 Å². The summed E-state index contributed by atoms with van der Waals surface area (Å²) in [5.41, 5.74) is 4.52. The SMILES string of the molecule is Cc1cccc(C)c1OCC(=O)N/N=C/c1ccc(-c2cc([N+](=O)[O-])ccc2Cl)o1. The van der Waals surface area contributed by atoms with Crippen LogP contribution < -0.4 is 10.2 Å². The minimum absolute atomic E-state index is 0.0998. The fraction of sp³-hybridized carbons (Fsp3) is 0.143. The number of carbonyl (C=O) groups excluding carboxylic acids is 1. The van der Waals surface area contributed by atoms with Crippen LogP contribution in [0.3, 0.4) is 0 Å². The van der Waals surface area contributed by atoms with Crippen LogP contribution in [0.2, 0.25) is 5.02 Å². The average molecular weight is 428 g/mol. The molecule has 3 aromatic rings. The minimum atomic E-state index is -0.513. The first kappa shape index (κ1) is 21.1. The Balaban J connectivity index is 1.60. The summed E-state index contributed by atoms with van der Waals surface area (Å²) in [5.74, 6) is 0.918. The van der Waals surface area contributed by atoms with Crippen molar-refractivity contribution in [1.29, 1.82) is 0 Å². The molecule has 0 unspecified atom stereocenters. The second-order valence-electron chi connectivity index (χ2n) is 6.43. The lowest BCUT2D eigenvalue weighted by Gasteiger charge is -2.10. The van der Waals surface area contributed by atoms with Crippen molar-refractivity contribution in [3.63, 3.8) is 0 Å². The molecule has 0 radical (unpaired) electrons. The lowest BCUT2D eigenvalue weighted by molar-refractivity contribution is -0.384. The molecule has 9 heteroatoms. The highest BCUT2D eigenvalue weighted by Gasteiger charge is 2.14. The molecule has 0 aliphatic carbocycles. The van der Waals surface area contributed by atoms with Crippen LogP contribution in [0.1, 0.15) is 16.9 Å². The first-order valence-electron chi connectivity index (χ1n) is 8.90. The second-order valence-corrected chi connectivity index (χ2v) is 6.83. The summed E-state index contributed by atoms with van der Waals surface area (Å²) in [4.78, 5) is 22.4. The van der Waals surface area contributed by atoms with Gasteiger partial charge in [-0.15, -0.1) is 0 Å². The molecule has 154 valence electrons. The van der Waals surface area contributed by atoms with E-state index in [0.29, 0.717) is 27.9 Å². The molecule has 1 heterocycles. The van der Waals surface area contributed by atoms with E-state index in [1.165, 1.54) is 24.4 Å². The van der Waals surface area contributed by atoms with Crippen LogP contribution >= 0.6 is 11.6 Å². The predicted molar refractivity (Wildman–Crippen MR) is 113 cm³/mol. The molecule has 1 amide bonds. The number of ether oxygens (including phenoxy) is 1. The van der Waals surface area contributed by atoms with Crippen molar-refractivity contribution in [2.45, 2.75) is 13.8 Å². The monoisotopic (exact) mass is 427 g/mol. The molecule has 0 aliphatic heterocycles. The van der Waals surface area contributed by atoms with Crippen molar-refractivity contribution in [3.8, 4) is 17.1 Å². The Bertz CT molecular complexity index is 1100. The number of halogens is 1. The van der Waals surface area contributed by atoms with Gasteiger partial charge < -0.3 is 9.15 Å². The van der Waals surface area contributed by atoms with Crippen LogP contribution in [0, 0.1) is 24.0 Å². The Morgan fingerprint density at radius 1 is 1.23 bits per heavy atom. The number of hydrogen-bond donors (Lipinski definition) is 1. The normalized spacial score (nSPS) is 10.9. The van der Waals surface area contributed by atoms with Crippen LogP contribution in [-0.4, -0.2) is 23.7 Å². The van der Waals surface area contributed by atoms with Gasteiger partial charge in [-0.1, -0.05) is 29.8 Å². The van der Waals surface area contributed by atoms with Crippen LogP contribution in [0.15, 0.2) is 58.0 Å². The Kier molecular flexibility index (Phi) is 6.48. The van der Waals surface area contributed by atoms with Gasteiger partial charge in [0.2, 0.25) is 0 Å². The smallest absolute Gasteiger partial charge is 0.277 e. The number of benzene rings is 2. The molecule has 2 aromatic carbocycles. The third-order valence-electron chi connectivity index (χ3n) is 4.19. The molecule has 0 fully saturated rings. The molecular weight excluding hydrogens is 410 g/mol. The number of hydrogen-bond acceptors (Lipinski definition) is 6. The van der Waals surface area contributed by atoms with Crippen molar-refractivity contribution in [1.82, 2.24) is 5.43 Å². The Labute approximate surface area is 177 Å². The summed E-state index contributed by atoms with van der Waals surface area (Å²) in [6, 6.07) is 13.0. The van der Waals surface area contributed by atoms with E-state index in [1.54, 1.807) is 12.1 Å². The predicted octanol–water partition coefficient (Wildman–Crippen LogP) is 4.65. The minimum Gasteiger partial charge on any atom is -0.483 e. The number of amides is 1. The molecular formula is C21H18ClN3O5. The van der Waals surface area contributed by atoms with Crippen LogP contribution in [0.25, 0.3) is 11.3 Å². The van der Waals surface area contributed by atoms with Gasteiger partial charge in [-0.05, 0) is 43.2 Å². The number of non-ortho nitro benzene ring substituents is 1. The Morgan fingerprint density at radius 2 is 1.97 bits per heavy atom. The van der Waals surface area contributed by atoms with Gasteiger partial charge in [-0.2, -0.15) is 5.10 Å². The molecule has 0 aliphatic rings. The summed E-state index contributed by atoms with van der Waals surface area (Å²) in [6.07, 6.45) is 1.31. The third kappa shape index (κ3) is 5.03. The van der Waals surface area contributed by atoms with E-state index >= 15 is 0 Å². The largest absolute Gasteiger partial charge is 0.483 e. The number of para-hydroxylation sites is 1. The first-order valence-corrected chi connectivity index (χ1v) is 9.28. The lowest BCUT2D eigenvalue weighted by atomic mass is 10.1. The van der Waals surface area contributed by atoms with E-state index in [2.05, 4.69) is 10.5 Å². The van der Waals surface area contributed by atoms with E-state index in [9.17, 15) is 14.9 Å². The number of rotatable bonds is 7. The highest BCUT2D eigenvalue weighted by molar-refractivity contribution is 6.33. The Morgan fingerprint density at radius 3 is 2.67 bits per heavy atom. The number of aryl methyl sites for hydroxylation is 2. The summed E-state index contributed by atoms with van der Waals surface area (Å²) < 4.78 is 11.1. The maximum absolute atomic E-state index is 11.9. The fourth-order valence-corrected chi connectivity index (χ4v) is 2.96. The zero-order chi connectivity index (χ0) is 21.7. The summed E-state index contributed by atoms with van der Waals surface area (Å²) in [6.45, 7) is 3.62. The van der Waals surface area contributed by atoms with Crippen molar-refractivity contribution in [2.24, 2.45) is 5.10 Å². The van der Waals surface area contributed by atoms with Crippen molar-refractivity contribution in [3.05, 3.63) is 80.6 Å². The molecule has 0 spiro atoms. The maximum atomic E-state index is 11.9. The zero-order valence-electron chi connectivity index (χ0n) is 16.2. The Hall–Kier alpha value is -3.65. The third-order valence-corrected chi connectivity index (χ3v) is 4.52. The molecule has 0 saturated carbocycles. The van der Waals surface area contributed by atoms with Gasteiger partial charge in [0.25, 0.3) is 11.6 Å². The van der Waals surface area contributed by atoms with Gasteiger partial charge in [0, 0.05) is 17.7 Å². The number of nitro groups is 1. The molecule has 0 bridgehead atoms. The van der Waals surface area contributed by atoms with Crippen LogP contribution in [0.5, 0.6) is 5.75 Å². The van der Waals surface area contributed by atoms with E-state index in [-0.39, 0.29) is 12.3 Å². The van der Waals surface area contributed by atoms with E-state index in [0.717, 1.165) is 11.1 Å². The average Bonchev–Trinajstić information content (AvgIpc) is 3.16. The van der Waals surface area contributed by atoms with Gasteiger partial charge >= 0.3 is 0 Å². The fourth-order valence-electron chi connectivity index (χ4n) is 2.75. The number of furan rings is 1. The van der Waals surface area contributed by atoms with E-state index in [1.807, 2.05) is 32.0 Å². The topological polar surface area (TPSA) is 107 Å². The first-order chi connectivity index (χ1) is 14.3. The number of hydrazone groups is 1. The molecule has 1 N–H and O–H groups in total. The molecule has 3 rings (SSSR count). The molecule has 8 nitrogen and oxygen atoms in total. The molecule has 1 aromatic heterocycles. The zero-order valence-corrected chi connectivity index (χ0v) is 17.0. The van der Waals surface area contributed by atoms with Crippen LogP contribution in [-0.2, 0) is 4.79 Å². The number of nitrogens with zero attached hydrogens (tertiary/aromatic N) is 2. The second kappa shape index (κ2) is 9.23. The summed E-state index contributed by atoms with van der Waals surface area (Å²) >= 11 is 6.11. The molecule has 0 saturated heterocycles. The van der Waals surface area contributed by atoms with Gasteiger partial charge in [-0.3, -0.25) is 14.9 Å². The van der Waals surface area contributed by atoms with E-state index < -0.39 is 10.8 Å². The van der Waals surface area contributed by atoms with Crippen LogP contribution in [0.4, 0.5) is 5.69 Å². The highest BCUT2D eigenvalue weighted by Crippen LogP contribution is 2.32. The maximum Gasteiger partial charge on any atom is 0.277 e.